The summed E-state index contributed by atoms with van der Waals surface area (Å²) in [5, 5.41) is 21.0. The van der Waals surface area contributed by atoms with Crippen LogP contribution in [0.1, 0.15) is 22.0 Å². The molecule has 1 aliphatic heterocycles. The van der Waals surface area contributed by atoms with Crippen molar-refractivity contribution in [2.45, 2.75) is 13.2 Å². The van der Waals surface area contributed by atoms with Gasteiger partial charge >= 0.3 is 0 Å². The molecule has 0 spiro atoms. The molecule has 2 N–H and O–H groups in total. The normalized spacial score (nSPS) is 11.7. The fourth-order valence-electron chi connectivity index (χ4n) is 3.00. The second-order valence-corrected chi connectivity index (χ2v) is 6.08. The zero-order chi connectivity index (χ0) is 18.3. The van der Waals surface area contributed by atoms with Gasteiger partial charge in [-0.1, -0.05) is 17.5 Å². The molecule has 0 radical (unpaired) electrons. The minimum absolute atomic E-state index is 0.108. The largest absolute Gasteiger partial charge is 0.388 e. The van der Waals surface area contributed by atoms with Crippen molar-refractivity contribution in [1.29, 1.82) is 0 Å². The molecule has 0 aliphatic carbocycles. The highest BCUT2D eigenvalue weighted by molar-refractivity contribution is 6.31. The number of terminal acetylenes is 1. The third kappa shape index (κ3) is 2.45. The van der Waals surface area contributed by atoms with Crippen LogP contribution >= 0.6 is 11.6 Å². The van der Waals surface area contributed by atoms with Crippen LogP contribution in [0.5, 0.6) is 0 Å². The lowest BCUT2D eigenvalue weighted by Gasteiger charge is -2.09. The lowest BCUT2D eigenvalue weighted by atomic mass is 10.1. The Morgan fingerprint density at radius 3 is 3.04 bits per heavy atom. The Hall–Kier alpha value is -3.15. The van der Waals surface area contributed by atoms with E-state index in [0.29, 0.717) is 22.4 Å². The number of aliphatic hydroxyl groups is 1. The van der Waals surface area contributed by atoms with Gasteiger partial charge in [-0.05, 0) is 18.2 Å². The van der Waals surface area contributed by atoms with E-state index >= 15 is 0 Å². The SMILES string of the molecule is C#CCNC(=O)c1ncn2c1Cn1c(CO)nnc1-c1cc(Cl)ccc1-2. The van der Waals surface area contributed by atoms with Gasteiger partial charge in [-0.2, -0.15) is 0 Å². The molecule has 3 heterocycles. The number of nitrogens with one attached hydrogen (secondary N) is 1. The number of aromatic nitrogens is 5. The van der Waals surface area contributed by atoms with E-state index < -0.39 is 0 Å². The minimum Gasteiger partial charge on any atom is -0.388 e. The zero-order valence-corrected chi connectivity index (χ0v) is 14.2. The number of carbonyl (C=O) groups is 1. The van der Waals surface area contributed by atoms with Crippen LogP contribution in [0.2, 0.25) is 5.02 Å². The zero-order valence-electron chi connectivity index (χ0n) is 13.5. The molecular weight excluding hydrogens is 356 g/mol. The summed E-state index contributed by atoms with van der Waals surface area (Å²) in [6, 6.07) is 5.35. The van der Waals surface area contributed by atoms with Gasteiger partial charge in [-0.3, -0.25) is 9.36 Å². The lowest BCUT2D eigenvalue weighted by molar-refractivity contribution is 0.0953. The maximum atomic E-state index is 12.4. The highest BCUT2D eigenvalue weighted by Gasteiger charge is 2.27. The maximum Gasteiger partial charge on any atom is 0.272 e. The van der Waals surface area contributed by atoms with Crippen LogP contribution in [0.4, 0.5) is 0 Å². The molecule has 0 saturated heterocycles. The Morgan fingerprint density at radius 1 is 1.42 bits per heavy atom. The molecule has 4 rings (SSSR count). The molecule has 26 heavy (non-hydrogen) atoms. The number of benzene rings is 1. The third-order valence-corrected chi connectivity index (χ3v) is 4.40. The number of fused-ring (bicyclic) bond motifs is 5. The van der Waals surface area contributed by atoms with E-state index in [4.69, 9.17) is 18.0 Å². The molecule has 1 aromatic carbocycles. The first-order valence-electron chi connectivity index (χ1n) is 7.75. The van der Waals surface area contributed by atoms with E-state index in [1.54, 1.807) is 23.0 Å². The fraction of sp³-hybridized carbons (Fsp3) is 0.176. The van der Waals surface area contributed by atoms with Crippen molar-refractivity contribution in [1.82, 2.24) is 29.6 Å². The summed E-state index contributed by atoms with van der Waals surface area (Å²) in [6.45, 7) is 0.0933. The van der Waals surface area contributed by atoms with Crippen LogP contribution in [-0.2, 0) is 13.2 Å². The van der Waals surface area contributed by atoms with Gasteiger partial charge in [0.25, 0.3) is 5.91 Å². The molecule has 0 atom stereocenters. The smallest absolute Gasteiger partial charge is 0.272 e. The number of amides is 1. The Morgan fingerprint density at radius 2 is 2.27 bits per heavy atom. The predicted molar refractivity (Wildman–Crippen MR) is 93.8 cm³/mol. The summed E-state index contributed by atoms with van der Waals surface area (Å²) >= 11 is 6.16. The number of hydrogen-bond donors (Lipinski definition) is 2. The summed E-state index contributed by atoms with van der Waals surface area (Å²) < 4.78 is 3.56. The summed E-state index contributed by atoms with van der Waals surface area (Å²) in [5.74, 6) is 2.94. The molecule has 0 fully saturated rings. The monoisotopic (exact) mass is 368 g/mol. The number of nitrogens with zero attached hydrogens (tertiary/aromatic N) is 5. The highest BCUT2D eigenvalue weighted by Crippen LogP contribution is 2.34. The van der Waals surface area contributed by atoms with Gasteiger partial charge < -0.3 is 15.0 Å². The number of imidazole rings is 1. The molecule has 0 bridgehead atoms. The number of aliphatic hydroxyl groups excluding tert-OH is 1. The predicted octanol–water partition coefficient (Wildman–Crippen LogP) is 1.00. The second kappa shape index (κ2) is 6.29. The quantitative estimate of drug-likeness (QED) is 0.526. The van der Waals surface area contributed by atoms with Crippen LogP contribution in [0.25, 0.3) is 17.1 Å². The van der Waals surface area contributed by atoms with Gasteiger partial charge in [-0.25, -0.2) is 4.98 Å². The standard InChI is InChI=1S/C17H13ClN6O2/c1-2-5-19-17(26)15-13-7-23-14(8-25)21-22-16(23)11-6-10(18)3-4-12(11)24(13)9-20-15/h1,3-4,6,9,25H,5,7-8H2,(H,19,26). The molecule has 1 amide bonds. The molecule has 1 aliphatic rings. The number of carbonyl (C=O) groups excluding carboxylic acids is 1. The molecular formula is C17H13ClN6O2. The lowest BCUT2D eigenvalue weighted by Crippen LogP contribution is -2.25. The van der Waals surface area contributed by atoms with Crippen molar-refractivity contribution in [3.05, 3.63) is 46.8 Å². The van der Waals surface area contributed by atoms with E-state index in [2.05, 4.69) is 26.4 Å². The Labute approximate surface area is 153 Å². The minimum atomic E-state index is -0.366. The van der Waals surface area contributed by atoms with E-state index in [1.165, 1.54) is 0 Å². The molecule has 2 aromatic heterocycles. The third-order valence-electron chi connectivity index (χ3n) is 4.17. The first-order chi connectivity index (χ1) is 12.6. The second-order valence-electron chi connectivity index (χ2n) is 5.64. The average molecular weight is 369 g/mol. The van der Waals surface area contributed by atoms with Crippen molar-refractivity contribution in [2.24, 2.45) is 0 Å². The maximum absolute atomic E-state index is 12.4. The Bertz CT molecular complexity index is 1060. The average Bonchev–Trinajstić information content (AvgIpc) is 3.21. The number of rotatable bonds is 3. The summed E-state index contributed by atoms with van der Waals surface area (Å²) in [5.41, 5.74) is 2.39. The summed E-state index contributed by atoms with van der Waals surface area (Å²) in [6.07, 6.45) is 6.78. The Balaban J connectivity index is 1.95. The van der Waals surface area contributed by atoms with Crippen LogP contribution in [-0.4, -0.2) is 41.9 Å². The topological polar surface area (TPSA) is 97.9 Å². The van der Waals surface area contributed by atoms with Crippen molar-refractivity contribution in [2.75, 3.05) is 6.54 Å². The van der Waals surface area contributed by atoms with E-state index in [9.17, 15) is 9.90 Å². The van der Waals surface area contributed by atoms with Gasteiger partial charge in [0.05, 0.1) is 24.5 Å². The van der Waals surface area contributed by atoms with Gasteiger partial charge in [0.2, 0.25) is 0 Å². The molecule has 8 nitrogen and oxygen atoms in total. The van der Waals surface area contributed by atoms with Gasteiger partial charge in [0, 0.05) is 10.6 Å². The van der Waals surface area contributed by atoms with Crippen LogP contribution in [0, 0.1) is 12.3 Å². The van der Waals surface area contributed by atoms with Gasteiger partial charge in [0.1, 0.15) is 12.9 Å². The van der Waals surface area contributed by atoms with E-state index in [1.807, 2.05) is 10.6 Å². The molecule has 130 valence electrons. The molecule has 3 aromatic rings. The van der Waals surface area contributed by atoms with Crippen molar-refractivity contribution < 1.29 is 9.90 Å². The first-order valence-corrected chi connectivity index (χ1v) is 8.13. The van der Waals surface area contributed by atoms with Crippen molar-refractivity contribution >= 4 is 17.5 Å². The van der Waals surface area contributed by atoms with E-state index in [0.717, 1.165) is 11.3 Å². The molecule has 9 heteroatoms. The van der Waals surface area contributed by atoms with Crippen LogP contribution in [0.3, 0.4) is 0 Å². The van der Waals surface area contributed by atoms with Crippen molar-refractivity contribution in [3.8, 4) is 29.4 Å². The van der Waals surface area contributed by atoms with E-state index in [-0.39, 0.29) is 31.3 Å². The van der Waals surface area contributed by atoms with Gasteiger partial charge in [-0.15, -0.1) is 16.6 Å². The number of halogens is 1. The number of hydrogen-bond acceptors (Lipinski definition) is 5. The molecule has 0 saturated carbocycles. The summed E-state index contributed by atoms with van der Waals surface area (Å²) in [7, 11) is 0. The van der Waals surface area contributed by atoms with Gasteiger partial charge in [0.15, 0.2) is 17.3 Å². The molecule has 0 unspecified atom stereocenters. The van der Waals surface area contributed by atoms with Crippen LogP contribution in [0.15, 0.2) is 24.5 Å². The van der Waals surface area contributed by atoms with Crippen molar-refractivity contribution in [3.63, 3.8) is 0 Å². The van der Waals surface area contributed by atoms with Crippen LogP contribution < -0.4 is 5.32 Å². The summed E-state index contributed by atoms with van der Waals surface area (Å²) in [4.78, 5) is 16.7. The Kier molecular flexibility index (Phi) is 3.95. The first kappa shape index (κ1) is 16.3. The fourth-order valence-corrected chi connectivity index (χ4v) is 3.17. The highest BCUT2D eigenvalue weighted by atomic mass is 35.5.